The van der Waals surface area contributed by atoms with Crippen molar-refractivity contribution >= 4 is 11.6 Å². The fourth-order valence-corrected chi connectivity index (χ4v) is 3.33. The lowest BCUT2D eigenvalue weighted by atomic mass is 9.84. The Morgan fingerprint density at radius 1 is 0.967 bits per heavy atom. The van der Waals surface area contributed by atoms with Crippen LogP contribution in [0.2, 0.25) is 0 Å². The zero-order valence-corrected chi connectivity index (χ0v) is 16.0. The van der Waals surface area contributed by atoms with Crippen LogP contribution in [0.1, 0.15) is 29.5 Å². The third kappa shape index (κ3) is 4.65. The Morgan fingerprint density at radius 3 is 2.20 bits per heavy atom. The van der Waals surface area contributed by atoms with Crippen molar-refractivity contribution in [1.82, 2.24) is 4.98 Å². The van der Waals surface area contributed by atoms with Gasteiger partial charge in [0.25, 0.3) is 0 Å². The molecule has 2 aromatic carbocycles. The number of aromatic nitrogens is 1. The van der Waals surface area contributed by atoms with E-state index in [0.29, 0.717) is 18.1 Å². The fraction of sp³-hybridized carbons (Fsp3) is 0.182. The van der Waals surface area contributed by atoms with Gasteiger partial charge in [-0.05, 0) is 41.8 Å². The molecule has 1 heterocycles. The first-order valence-corrected chi connectivity index (χ1v) is 9.20. The third-order valence-corrected chi connectivity index (χ3v) is 4.75. The lowest BCUT2D eigenvalue weighted by Crippen LogP contribution is -2.41. The molecule has 2 atom stereocenters. The standard InChI is InChI=1S/C22H19F4N3O/c1-2-17-18(26)10-28-11-19(17)29-22(30)21(27)20(12-3-5-14(23)6-4-12)13-7-15(24)9-16(25)8-13/h3-11,20-21H,2,27H2,1H3,(H,29,30). The van der Waals surface area contributed by atoms with E-state index < -0.39 is 41.1 Å². The lowest BCUT2D eigenvalue weighted by molar-refractivity contribution is -0.117. The molecule has 3 N–H and O–H groups in total. The smallest absolute Gasteiger partial charge is 0.242 e. The first kappa shape index (κ1) is 21.4. The number of amides is 1. The molecule has 3 aromatic rings. The van der Waals surface area contributed by atoms with Gasteiger partial charge in [-0.25, -0.2) is 17.6 Å². The summed E-state index contributed by atoms with van der Waals surface area (Å²) < 4.78 is 55.0. The Bertz CT molecular complexity index is 1040. The molecule has 0 fully saturated rings. The van der Waals surface area contributed by atoms with Crippen molar-refractivity contribution in [2.75, 3.05) is 5.32 Å². The monoisotopic (exact) mass is 417 g/mol. The summed E-state index contributed by atoms with van der Waals surface area (Å²) in [5.74, 6) is -4.47. The number of hydrogen-bond donors (Lipinski definition) is 2. The summed E-state index contributed by atoms with van der Waals surface area (Å²) in [6, 6.07) is 6.60. The van der Waals surface area contributed by atoms with Gasteiger partial charge in [0, 0.05) is 17.5 Å². The Morgan fingerprint density at radius 2 is 1.60 bits per heavy atom. The van der Waals surface area contributed by atoms with E-state index in [-0.39, 0.29) is 16.8 Å². The van der Waals surface area contributed by atoms with Crippen LogP contribution < -0.4 is 11.1 Å². The van der Waals surface area contributed by atoms with Gasteiger partial charge in [0.15, 0.2) is 0 Å². The summed E-state index contributed by atoms with van der Waals surface area (Å²) in [5.41, 5.74) is 7.07. The number of halogens is 4. The molecule has 8 heteroatoms. The minimum Gasteiger partial charge on any atom is -0.323 e. The van der Waals surface area contributed by atoms with E-state index in [1.807, 2.05) is 0 Å². The Hall–Kier alpha value is -3.26. The molecular formula is C22H19F4N3O. The number of carbonyl (C=O) groups excluding carboxylic acids is 1. The van der Waals surface area contributed by atoms with Crippen molar-refractivity contribution in [3.05, 3.63) is 94.8 Å². The van der Waals surface area contributed by atoms with Gasteiger partial charge in [0.1, 0.15) is 23.3 Å². The number of anilines is 1. The molecule has 30 heavy (non-hydrogen) atoms. The predicted molar refractivity (Wildman–Crippen MR) is 105 cm³/mol. The number of nitrogens with two attached hydrogens (primary N) is 1. The Balaban J connectivity index is 1.99. The summed E-state index contributed by atoms with van der Waals surface area (Å²) in [5, 5.41) is 2.53. The lowest BCUT2D eigenvalue weighted by Gasteiger charge is -2.25. The van der Waals surface area contributed by atoms with Crippen LogP contribution in [-0.2, 0) is 11.2 Å². The van der Waals surface area contributed by atoms with Gasteiger partial charge in [-0.1, -0.05) is 19.1 Å². The Kier molecular flexibility index (Phi) is 6.47. The van der Waals surface area contributed by atoms with Crippen molar-refractivity contribution in [2.24, 2.45) is 5.73 Å². The number of nitrogens with zero attached hydrogens (tertiary/aromatic N) is 1. The summed E-state index contributed by atoms with van der Waals surface area (Å²) in [6.07, 6.45) is 2.63. The van der Waals surface area contributed by atoms with E-state index in [0.717, 1.165) is 30.5 Å². The molecule has 0 radical (unpaired) electrons. The number of rotatable bonds is 6. The van der Waals surface area contributed by atoms with E-state index in [1.165, 1.54) is 18.3 Å². The molecule has 0 saturated carbocycles. The molecule has 0 aliphatic carbocycles. The van der Waals surface area contributed by atoms with E-state index in [9.17, 15) is 22.4 Å². The normalized spacial score (nSPS) is 13.0. The predicted octanol–water partition coefficient (Wildman–Crippen LogP) is 4.30. The third-order valence-electron chi connectivity index (χ3n) is 4.75. The highest BCUT2D eigenvalue weighted by molar-refractivity contribution is 5.96. The van der Waals surface area contributed by atoms with Crippen LogP contribution >= 0.6 is 0 Å². The largest absolute Gasteiger partial charge is 0.323 e. The van der Waals surface area contributed by atoms with Crippen LogP contribution in [0.15, 0.2) is 54.9 Å². The molecule has 0 spiro atoms. The SMILES string of the molecule is CCc1c(F)cncc1NC(=O)C(N)C(c1ccc(F)cc1)c1cc(F)cc(F)c1. The zero-order valence-electron chi connectivity index (χ0n) is 16.0. The molecule has 0 aliphatic heterocycles. The topological polar surface area (TPSA) is 68.0 Å². The van der Waals surface area contributed by atoms with Crippen LogP contribution in [0.5, 0.6) is 0 Å². The molecule has 1 aromatic heterocycles. The zero-order chi connectivity index (χ0) is 21.8. The van der Waals surface area contributed by atoms with Crippen LogP contribution in [0.4, 0.5) is 23.2 Å². The minimum atomic E-state index is -1.32. The van der Waals surface area contributed by atoms with Gasteiger partial charge in [0.05, 0.1) is 24.1 Å². The molecule has 4 nitrogen and oxygen atoms in total. The van der Waals surface area contributed by atoms with Gasteiger partial charge in [-0.3, -0.25) is 9.78 Å². The highest BCUT2D eigenvalue weighted by Gasteiger charge is 2.29. The van der Waals surface area contributed by atoms with Crippen molar-refractivity contribution in [2.45, 2.75) is 25.3 Å². The second-order valence-corrected chi connectivity index (χ2v) is 6.75. The van der Waals surface area contributed by atoms with Gasteiger partial charge in [0.2, 0.25) is 5.91 Å². The summed E-state index contributed by atoms with van der Waals surface area (Å²) in [7, 11) is 0. The van der Waals surface area contributed by atoms with Crippen LogP contribution in [0.3, 0.4) is 0 Å². The number of pyridine rings is 1. The van der Waals surface area contributed by atoms with Crippen molar-refractivity contribution in [3.63, 3.8) is 0 Å². The van der Waals surface area contributed by atoms with Gasteiger partial charge < -0.3 is 11.1 Å². The van der Waals surface area contributed by atoms with Crippen molar-refractivity contribution in [3.8, 4) is 0 Å². The molecule has 0 bridgehead atoms. The maximum absolute atomic E-state index is 14.0. The molecule has 3 rings (SSSR count). The van der Waals surface area contributed by atoms with Gasteiger partial charge in [-0.2, -0.15) is 0 Å². The second kappa shape index (κ2) is 9.04. The highest BCUT2D eigenvalue weighted by atomic mass is 19.1. The van der Waals surface area contributed by atoms with E-state index in [1.54, 1.807) is 6.92 Å². The maximum Gasteiger partial charge on any atom is 0.242 e. The summed E-state index contributed by atoms with van der Waals surface area (Å²) >= 11 is 0. The van der Waals surface area contributed by atoms with Crippen molar-refractivity contribution in [1.29, 1.82) is 0 Å². The number of benzene rings is 2. The van der Waals surface area contributed by atoms with Gasteiger partial charge in [-0.15, -0.1) is 0 Å². The highest BCUT2D eigenvalue weighted by Crippen LogP contribution is 2.30. The molecule has 2 unspecified atom stereocenters. The molecule has 1 amide bonds. The average molecular weight is 417 g/mol. The summed E-state index contributed by atoms with van der Waals surface area (Å²) in [4.78, 5) is 16.6. The van der Waals surface area contributed by atoms with Crippen LogP contribution in [-0.4, -0.2) is 16.9 Å². The van der Waals surface area contributed by atoms with E-state index in [4.69, 9.17) is 5.73 Å². The number of hydrogen-bond acceptors (Lipinski definition) is 3. The number of nitrogens with one attached hydrogen (secondary N) is 1. The fourth-order valence-electron chi connectivity index (χ4n) is 3.33. The minimum absolute atomic E-state index is 0.106. The molecule has 0 saturated heterocycles. The first-order chi connectivity index (χ1) is 14.3. The molecular weight excluding hydrogens is 398 g/mol. The van der Waals surface area contributed by atoms with Crippen LogP contribution in [0.25, 0.3) is 0 Å². The van der Waals surface area contributed by atoms with E-state index in [2.05, 4.69) is 10.3 Å². The van der Waals surface area contributed by atoms with Gasteiger partial charge >= 0.3 is 0 Å². The van der Waals surface area contributed by atoms with Crippen molar-refractivity contribution < 1.29 is 22.4 Å². The molecule has 0 aliphatic rings. The second-order valence-electron chi connectivity index (χ2n) is 6.75. The van der Waals surface area contributed by atoms with E-state index >= 15 is 0 Å². The maximum atomic E-state index is 14.0. The first-order valence-electron chi connectivity index (χ1n) is 9.20. The van der Waals surface area contributed by atoms with Crippen LogP contribution in [0, 0.1) is 23.3 Å². The summed E-state index contributed by atoms with van der Waals surface area (Å²) in [6.45, 7) is 1.71. The Labute approximate surface area is 170 Å². The number of carbonyl (C=O) groups is 1. The average Bonchev–Trinajstić information content (AvgIpc) is 2.69. The molecule has 156 valence electrons. The quantitative estimate of drug-likeness (QED) is 0.588.